The molecular weight excluding hydrogens is 395 g/mol. The number of hydrogen-bond acceptors (Lipinski definition) is 1. The van der Waals surface area contributed by atoms with Crippen LogP contribution in [-0.4, -0.2) is 24.7 Å². The van der Waals surface area contributed by atoms with Crippen molar-refractivity contribution in [2.24, 2.45) is 0 Å². The monoisotopic (exact) mass is 413 g/mol. The largest absolute Gasteiger partial charge is 0.417 e. The zero-order chi connectivity index (χ0) is 20.2. The van der Waals surface area contributed by atoms with Gasteiger partial charge in [0, 0.05) is 11.3 Å². The second-order valence-corrected chi connectivity index (χ2v) is 11.0. The van der Waals surface area contributed by atoms with Crippen LogP contribution in [0.25, 0.3) is 0 Å². The molecule has 27 heavy (non-hydrogen) atoms. The summed E-state index contributed by atoms with van der Waals surface area (Å²) < 4.78 is 38.7. The van der Waals surface area contributed by atoms with Crippen LogP contribution in [0.3, 0.4) is 0 Å². The average Bonchev–Trinajstić information content (AvgIpc) is 2.53. The van der Waals surface area contributed by atoms with Gasteiger partial charge in [0.1, 0.15) is 0 Å². The van der Waals surface area contributed by atoms with Gasteiger partial charge in [0.05, 0.1) is 17.0 Å². The molecular formula is C20H19ClF3NOS. The lowest BCUT2D eigenvalue weighted by Gasteiger charge is -2.14. The Labute approximate surface area is 163 Å². The summed E-state index contributed by atoms with van der Waals surface area (Å²) in [6.45, 7) is 0. The van der Waals surface area contributed by atoms with E-state index in [0.717, 1.165) is 23.3 Å². The quantitative estimate of drug-likeness (QED) is 0.657. The lowest BCUT2D eigenvalue weighted by Crippen LogP contribution is -2.15. The van der Waals surface area contributed by atoms with E-state index in [-0.39, 0.29) is 12.1 Å². The number of nitrogens with one attached hydrogen (secondary N) is 1. The normalized spacial score (nSPS) is 12.1. The lowest BCUT2D eigenvalue weighted by atomic mass is 10.1. The van der Waals surface area contributed by atoms with E-state index in [1.807, 2.05) is 6.07 Å². The Balaban J connectivity index is 2.11. The first kappa shape index (κ1) is 21.2. The van der Waals surface area contributed by atoms with Gasteiger partial charge >= 0.3 is 6.18 Å². The third kappa shape index (κ3) is 6.85. The van der Waals surface area contributed by atoms with Crippen molar-refractivity contribution in [1.29, 1.82) is 0 Å². The highest BCUT2D eigenvalue weighted by atomic mass is 35.5. The molecule has 0 spiro atoms. The molecule has 0 aliphatic rings. The van der Waals surface area contributed by atoms with Gasteiger partial charge in [0.15, 0.2) is 0 Å². The van der Waals surface area contributed by atoms with E-state index in [2.05, 4.69) is 35.3 Å². The fourth-order valence-corrected chi connectivity index (χ4v) is 2.83. The standard InChI is InChI=1S/C20H19ClF3NOS/c1-27(2,3)10-9-14-5-4-6-15(11-14)12-19(26)25-16-7-8-18(21)17(13-16)20(22,23)24/h4-8,11,13H,12H2,1-3H3,(H,25,26). The average molecular weight is 414 g/mol. The molecule has 2 rings (SSSR count). The molecule has 0 heterocycles. The fourth-order valence-electron chi connectivity index (χ4n) is 2.18. The highest BCUT2D eigenvalue weighted by molar-refractivity contribution is 8.35. The minimum Gasteiger partial charge on any atom is -0.326 e. The van der Waals surface area contributed by atoms with Crippen LogP contribution in [0.5, 0.6) is 0 Å². The van der Waals surface area contributed by atoms with Gasteiger partial charge in [-0.2, -0.15) is 23.2 Å². The summed E-state index contributed by atoms with van der Waals surface area (Å²) in [5, 5.41) is 5.26. The summed E-state index contributed by atoms with van der Waals surface area (Å²) in [6, 6.07) is 10.5. The van der Waals surface area contributed by atoms with Crippen LogP contribution in [0.15, 0.2) is 42.5 Å². The Morgan fingerprint density at radius 1 is 1.15 bits per heavy atom. The first-order chi connectivity index (χ1) is 12.4. The molecule has 144 valence electrons. The molecule has 2 nitrogen and oxygen atoms in total. The van der Waals surface area contributed by atoms with Crippen LogP contribution in [0.1, 0.15) is 16.7 Å². The molecule has 0 saturated heterocycles. The molecule has 0 aliphatic carbocycles. The predicted molar refractivity (Wildman–Crippen MR) is 107 cm³/mol. The number of rotatable bonds is 3. The Kier molecular flexibility index (Phi) is 6.50. The third-order valence-electron chi connectivity index (χ3n) is 3.35. The topological polar surface area (TPSA) is 29.1 Å². The van der Waals surface area contributed by atoms with Crippen molar-refractivity contribution in [1.82, 2.24) is 0 Å². The van der Waals surface area contributed by atoms with Gasteiger partial charge in [0.2, 0.25) is 5.91 Å². The highest BCUT2D eigenvalue weighted by Gasteiger charge is 2.33. The fraction of sp³-hybridized carbons (Fsp3) is 0.250. The molecule has 0 fully saturated rings. The summed E-state index contributed by atoms with van der Waals surface area (Å²) in [7, 11) is -0.962. The molecule has 7 heteroatoms. The molecule has 0 bridgehead atoms. The van der Waals surface area contributed by atoms with Crippen molar-refractivity contribution in [2.45, 2.75) is 12.6 Å². The van der Waals surface area contributed by atoms with Crippen molar-refractivity contribution in [3.05, 3.63) is 64.2 Å². The van der Waals surface area contributed by atoms with Crippen LogP contribution in [-0.2, 0) is 17.4 Å². The van der Waals surface area contributed by atoms with Crippen molar-refractivity contribution >= 4 is 33.2 Å². The third-order valence-corrected chi connectivity index (χ3v) is 4.39. The molecule has 0 aromatic heterocycles. The van der Waals surface area contributed by atoms with E-state index >= 15 is 0 Å². The van der Waals surface area contributed by atoms with Gasteiger partial charge in [-0.25, -0.2) is 0 Å². The molecule has 2 aromatic rings. The summed E-state index contributed by atoms with van der Waals surface area (Å²) in [6.07, 6.45) is 1.69. The summed E-state index contributed by atoms with van der Waals surface area (Å²) in [4.78, 5) is 12.2. The minimum absolute atomic E-state index is 0.0296. The predicted octanol–water partition coefficient (Wildman–Crippen LogP) is 5.54. The van der Waals surface area contributed by atoms with E-state index in [9.17, 15) is 18.0 Å². The van der Waals surface area contributed by atoms with Gasteiger partial charge in [-0.3, -0.25) is 4.79 Å². The number of anilines is 1. The van der Waals surface area contributed by atoms with Crippen LogP contribution in [0.2, 0.25) is 5.02 Å². The molecule has 0 atom stereocenters. The van der Waals surface area contributed by atoms with Crippen molar-refractivity contribution in [3.63, 3.8) is 0 Å². The van der Waals surface area contributed by atoms with E-state index in [0.29, 0.717) is 0 Å². The first-order valence-corrected chi connectivity index (χ1v) is 11.1. The Morgan fingerprint density at radius 3 is 2.48 bits per heavy atom. The number of hydrogen-bond donors (Lipinski definition) is 1. The van der Waals surface area contributed by atoms with E-state index in [1.165, 1.54) is 6.07 Å². The van der Waals surface area contributed by atoms with Crippen molar-refractivity contribution in [3.8, 4) is 11.2 Å². The number of carbonyl (C=O) groups excluding carboxylic acids is 1. The van der Waals surface area contributed by atoms with E-state index < -0.39 is 32.7 Å². The number of amides is 1. The van der Waals surface area contributed by atoms with E-state index in [1.54, 1.807) is 18.2 Å². The Bertz CT molecular complexity index is 908. The molecule has 0 radical (unpaired) electrons. The lowest BCUT2D eigenvalue weighted by molar-refractivity contribution is -0.137. The molecule has 0 unspecified atom stereocenters. The second-order valence-electron chi connectivity index (χ2n) is 6.68. The molecule has 0 saturated carbocycles. The minimum atomic E-state index is -4.58. The second kappa shape index (κ2) is 8.28. The molecule has 2 aromatic carbocycles. The molecule has 0 aliphatic heterocycles. The molecule has 1 N–H and O–H groups in total. The van der Waals surface area contributed by atoms with Crippen LogP contribution < -0.4 is 5.32 Å². The molecule has 1 amide bonds. The highest BCUT2D eigenvalue weighted by Crippen LogP contribution is 2.36. The zero-order valence-electron chi connectivity index (χ0n) is 15.1. The smallest absolute Gasteiger partial charge is 0.326 e. The first-order valence-electron chi connectivity index (χ1n) is 7.91. The Morgan fingerprint density at radius 2 is 1.85 bits per heavy atom. The van der Waals surface area contributed by atoms with Crippen molar-refractivity contribution < 1.29 is 18.0 Å². The van der Waals surface area contributed by atoms with Gasteiger partial charge in [-0.05, 0) is 59.9 Å². The van der Waals surface area contributed by atoms with Gasteiger partial charge in [-0.1, -0.05) is 29.7 Å². The van der Waals surface area contributed by atoms with Gasteiger partial charge < -0.3 is 5.32 Å². The SMILES string of the molecule is CS(C)(C)C#Cc1cccc(CC(=O)Nc2ccc(Cl)c(C(F)(F)F)c2)c1. The maximum atomic E-state index is 12.9. The number of alkyl halides is 3. The van der Waals surface area contributed by atoms with Gasteiger partial charge in [-0.15, -0.1) is 0 Å². The zero-order valence-corrected chi connectivity index (χ0v) is 16.6. The van der Waals surface area contributed by atoms with Crippen LogP contribution in [0, 0.1) is 11.2 Å². The van der Waals surface area contributed by atoms with Crippen LogP contribution >= 0.6 is 21.6 Å². The van der Waals surface area contributed by atoms with Gasteiger partial charge in [0.25, 0.3) is 0 Å². The Hall–Kier alpha value is -2.10. The number of benzene rings is 2. The summed E-state index contributed by atoms with van der Waals surface area (Å²) in [5.74, 6) is 2.67. The van der Waals surface area contributed by atoms with Crippen molar-refractivity contribution in [2.75, 3.05) is 24.1 Å². The number of carbonyl (C=O) groups is 1. The maximum absolute atomic E-state index is 12.9. The summed E-state index contributed by atoms with van der Waals surface area (Å²) in [5.41, 5.74) is 0.592. The van der Waals surface area contributed by atoms with E-state index in [4.69, 9.17) is 11.6 Å². The summed E-state index contributed by atoms with van der Waals surface area (Å²) >= 11 is 5.58. The van der Waals surface area contributed by atoms with Crippen LogP contribution in [0.4, 0.5) is 18.9 Å². The maximum Gasteiger partial charge on any atom is 0.417 e. The number of halogens is 4.